The molecule has 2 aromatic carbocycles. The van der Waals surface area contributed by atoms with Crippen molar-refractivity contribution in [3.05, 3.63) is 70.8 Å². The summed E-state index contributed by atoms with van der Waals surface area (Å²) in [5.74, 6) is -1.75. The van der Waals surface area contributed by atoms with Crippen LogP contribution >= 0.6 is 0 Å². The van der Waals surface area contributed by atoms with Gasteiger partial charge in [-0.25, -0.2) is 4.79 Å². The molecular weight excluding hydrogens is 318 g/mol. The lowest BCUT2D eigenvalue weighted by molar-refractivity contribution is -0.168. The SMILES string of the molecule is Cc1ccc(CCCCC(=O)ON2C(=O)c3ccccc3C2=O)cc1. The molecule has 0 aliphatic carbocycles. The molecule has 0 unspecified atom stereocenters. The number of rotatable bonds is 6. The van der Waals surface area contributed by atoms with Crippen LogP contribution in [0.3, 0.4) is 0 Å². The third-order valence-corrected chi connectivity index (χ3v) is 4.17. The largest absolute Gasteiger partial charge is 0.333 e. The number of hydroxylamine groups is 2. The van der Waals surface area contributed by atoms with Crippen molar-refractivity contribution in [2.45, 2.75) is 32.6 Å². The second kappa shape index (κ2) is 7.30. The summed E-state index contributed by atoms with van der Waals surface area (Å²) in [5, 5.41) is 0.562. The number of unbranched alkanes of at least 4 members (excludes halogenated alkanes) is 1. The topological polar surface area (TPSA) is 63.7 Å². The summed E-state index contributed by atoms with van der Waals surface area (Å²) in [4.78, 5) is 41.1. The molecule has 3 rings (SSSR count). The molecule has 0 saturated heterocycles. The van der Waals surface area contributed by atoms with Crippen LogP contribution in [0.25, 0.3) is 0 Å². The Hall–Kier alpha value is -2.95. The molecule has 25 heavy (non-hydrogen) atoms. The number of carbonyl (C=O) groups excluding carboxylic acids is 3. The van der Waals surface area contributed by atoms with Crippen LogP contribution in [0, 0.1) is 6.92 Å². The lowest BCUT2D eigenvalue weighted by Crippen LogP contribution is -2.32. The Bertz CT molecular complexity index is 776. The molecule has 2 aromatic rings. The first-order valence-corrected chi connectivity index (χ1v) is 8.30. The second-order valence-electron chi connectivity index (χ2n) is 6.11. The van der Waals surface area contributed by atoms with Crippen molar-refractivity contribution in [3.8, 4) is 0 Å². The van der Waals surface area contributed by atoms with Gasteiger partial charge in [0.15, 0.2) is 0 Å². The van der Waals surface area contributed by atoms with Crippen molar-refractivity contribution in [3.63, 3.8) is 0 Å². The quantitative estimate of drug-likeness (QED) is 0.598. The van der Waals surface area contributed by atoms with Gasteiger partial charge in [0.05, 0.1) is 11.1 Å². The molecule has 0 aromatic heterocycles. The first kappa shape index (κ1) is 16.9. The fourth-order valence-corrected chi connectivity index (χ4v) is 2.75. The van der Waals surface area contributed by atoms with Gasteiger partial charge in [-0.05, 0) is 43.9 Å². The van der Waals surface area contributed by atoms with E-state index in [-0.39, 0.29) is 17.5 Å². The maximum Gasteiger partial charge on any atom is 0.333 e. The molecule has 0 N–H and O–H groups in total. The summed E-state index contributed by atoms with van der Waals surface area (Å²) in [7, 11) is 0. The Balaban J connectivity index is 1.46. The van der Waals surface area contributed by atoms with E-state index in [2.05, 4.69) is 24.3 Å². The van der Waals surface area contributed by atoms with Crippen LogP contribution in [0.5, 0.6) is 0 Å². The number of fused-ring (bicyclic) bond motifs is 1. The first-order valence-electron chi connectivity index (χ1n) is 8.30. The van der Waals surface area contributed by atoms with Crippen LogP contribution in [0.4, 0.5) is 0 Å². The number of hydrogen-bond donors (Lipinski definition) is 0. The van der Waals surface area contributed by atoms with Gasteiger partial charge in [0.25, 0.3) is 11.8 Å². The van der Waals surface area contributed by atoms with E-state index < -0.39 is 17.8 Å². The molecule has 5 nitrogen and oxygen atoms in total. The minimum absolute atomic E-state index is 0.166. The number of benzene rings is 2. The Kier molecular flexibility index (Phi) is 4.93. The highest BCUT2D eigenvalue weighted by atomic mass is 16.7. The summed E-state index contributed by atoms with van der Waals surface area (Å²) < 4.78 is 0. The molecule has 1 aliphatic heterocycles. The maximum absolute atomic E-state index is 12.1. The lowest BCUT2D eigenvalue weighted by Gasteiger charge is -2.12. The number of hydrogen-bond acceptors (Lipinski definition) is 4. The zero-order valence-electron chi connectivity index (χ0n) is 14.0. The lowest BCUT2D eigenvalue weighted by atomic mass is 10.1. The second-order valence-corrected chi connectivity index (χ2v) is 6.11. The van der Waals surface area contributed by atoms with Gasteiger partial charge >= 0.3 is 5.97 Å². The molecule has 0 fully saturated rings. The Morgan fingerprint density at radius 3 is 2.12 bits per heavy atom. The number of amides is 2. The van der Waals surface area contributed by atoms with Crippen molar-refractivity contribution in [2.24, 2.45) is 0 Å². The highest BCUT2D eigenvalue weighted by molar-refractivity contribution is 6.20. The first-order chi connectivity index (χ1) is 12.1. The van der Waals surface area contributed by atoms with Gasteiger partial charge < -0.3 is 4.84 Å². The average Bonchev–Trinajstić information content (AvgIpc) is 2.86. The molecule has 5 heteroatoms. The van der Waals surface area contributed by atoms with Crippen molar-refractivity contribution in [1.82, 2.24) is 5.06 Å². The maximum atomic E-state index is 12.1. The monoisotopic (exact) mass is 337 g/mol. The predicted octanol–water partition coefficient (Wildman–Crippen LogP) is 3.46. The Labute approximate surface area is 146 Å². The number of nitrogens with zero attached hydrogens (tertiary/aromatic N) is 1. The van der Waals surface area contributed by atoms with E-state index in [1.54, 1.807) is 24.3 Å². The van der Waals surface area contributed by atoms with E-state index in [4.69, 9.17) is 4.84 Å². The normalized spacial score (nSPS) is 13.1. The van der Waals surface area contributed by atoms with Crippen molar-refractivity contribution in [2.75, 3.05) is 0 Å². The minimum Gasteiger partial charge on any atom is -0.330 e. The van der Waals surface area contributed by atoms with Crippen LogP contribution < -0.4 is 0 Å². The van der Waals surface area contributed by atoms with Crippen molar-refractivity contribution in [1.29, 1.82) is 0 Å². The van der Waals surface area contributed by atoms with Crippen molar-refractivity contribution < 1.29 is 19.2 Å². The summed E-state index contributed by atoms with van der Waals surface area (Å²) in [6, 6.07) is 14.7. The molecular formula is C20H19NO4. The van der Waals surface area contributed by atoms with Crippen LogP contribution in [0.1, 0.15) is 51.1 Å². The number of imide groups is 1. The molecule has 1 heterocycles. The van der Waals surface area contributed by atoms with E-state index in [9.17, 15) is 14.4 Å². The average molecular weight is 337 g/mol. The van der Waals surface area contributed by atoms with E-state index in [0.717, 1.165) is 12.8 Å². The van der Waals surface area contributed by atoms with Crippen LogP contribution in [-0.4, -0.2) is 22.8 Å². The smallest absolute Gasteiger partial charge is 0.330 e. The molecule has 0 atom stereocenters. The van der Waals surface area contributed by atoms with Gasteiger partial charge in [-0.2, -0.15) is 0 Å². The minimum atomic E-state index is -0.589. The summed E-state index contributed by atoms with van der Waals surface area (Å²) >= 11 is 0. The Morgan fingerprint density at radius 1 is 0.920 bits per heavy atom. The molecule has 0 radical (unpaired) electrons. The van der Waals surface area contributed by atoms with E-state index in [1.165, 1.54) is 11.1 Å². The number of aryl methyl sites for hydroxylation is 2. The van der Waals surface area contributed by atoms with E-state index in [1.807, 2.05) is 6.92 Å². The third kappa shape index (κ3) is 3.76. The van der Waals surface area contributed by atoms with Crippen LogP contribution in [0.15, 0.2) is 48.5 Å². The summed E-state index contributed by atoms with van der Waals surface area (Å²) in [6.07, 6.45) is 2.51. The summed E-state index contributed by atoms with van der Waals surface area (Å²) in [6.45, 7) is 2.04. The van der Waals surface area contributed by atoms with Crippen LogP contribution in [-0.2, 0) is 16.1 Å². The molecule has 128 valence electrons. The van der Waals surface area contributed by atoms with Gasteiger partial charge in [0, 0.05) is 6.42 Å². The molecule has 0 spiro atoms. The molecule has 0 bridgehead atoms. The zero-order chi connectivity index (χ0) is 17.8. The van der Waals surface area contributed by atoms with E-state index in [0.29, 0.717) is 11.5 Å². The highest BCUT2D eigenvalue weighted by Gasteiger charge is 2.38. The molecule has 0 saturated carbocycles. The van der Waals surface area contributed by atoms with Gasteiger partial charge in [-0.3, -0.25) is 9.59 Å². The predicted molar refractivity (Wildman–Crippen MR) is 91.8 cm³/mol. The zero-order valence-corrected chi connectivity index (χ0v) is 14.0. The van der Waals surface area contributed by atoms with Gasteiger partial charge in [-0.1, -0.05) is 47.0 Å². The van der Waals surface area contributed by atoms with E-state index >= 15 is 0 Å². The van der Waals surface area contributed by atoms with Gasteiger partial charge in [0.2, 0.25) is 0 Å². The molecule has 2 amide bonds. The Morgan fingerprint density at radius 2 is 1.52 bits per heavy atom. The third-order valence-electron chi connectivity index (χ3n) is 4.17. The fourth-order valence-electron chi connectivity index (χ4n) is 2.75. The fraction of sp³-hybridized carbons (Fsp3) is 0.250. The van der Waals surface area contributed by atoms with Crippen LogP contribution in [0.2, 0.25) is 0 Å². The van der Waals surface area contributed by atoms with Crippen molar-refractivity contribution >= 4 is 17.8 Å². The summed E-state index contributed by atoms with van der Waals surface area (Å²) in [5.41, 5.74) is 2.96. The van der Waals surface area contributed by atoms with Gasteiger partial charge in [0.1, 0.15) is 0 Å². The highest BCUT2D eigenvalue weighted by Crippen LogP contribution is 2.23. The molecule has 1 aliphatic rings. The standard InChI is InChI=1S/C20H19NO4/c1-14-10-12-15(13-11-14)6-2-5-9-18(22)25-21-19(23)16-7-3-4-8-17(16)20(21)24/h3-4,7-8,10-13H,2,5-6,9H2,1H3. The number of carbonyl (C=O) groups is 3. The van der Waals surface area contributed by atoms with Gasteiger partial charge in [-0.15, -0.1) is 0 Å².